The van der Waals surface area contributed by atoms with E-state index in [0.717, 1.165) is 5.03 Å². The summed E-state index contributed by atoms with van der Waals surface area (Å²) in [5, 5.41) is 0.884. The van der Waals surface area contributed by atoms with Gasteiger partial charge in [0.05, 0.1) is 5.51 Å². The van der Waals surface area contributed by atoms with E-state index in [0.29, 0.717) is 5.92 Å². The van der Waals surface area contributed by atoms with Gasteiger partial charge in [-0.1, -0.05) is 13.8 Å². The molecule has 0 fully saturated rings. The van der Waals surface area contributed by atoms with Crippen molar-refractivity contribution in [1.82, 2.24) is 4.98 Å². The quantitative estimate of drug-likeness (QED) is 0.621. The van der Waals surface area contributed by atoms with Crippen LogP contribution in [0.1, 0.15) is 24.6 Å². The van der Waals surface area contributed by atoms with Crippen LogP contribution in [0.4, 0.5) is 0 Å². The van der Waals surface area contributed by atoms with Gasteiger partial charge in [0.2, 0.25) is 0 Å². The molecule has 0 spiro atoms. The normalized spacial score (nSPS) is 10.7. The van der Waals surface area contributed by atoms with E-state index in [-0.39, 0.29) is 0 Å². The van der Waals surface area contributed by atoms with Crippen molar-refractivity contribution in [1.29, 1.82) is 0 Å². The van der Waals surface area contributed by atoms with Gasteiger partial charge in [-0.3, -0.25) is 0 Å². The molecular formula is C6H9NS2. The topological polar surface area (TPSA) is 12.9 Å². The molecule has 1 rings (SSSR count). The second kappa shape index (κ2) is 2.71. The highest BCUT2D eigenvalue weighted by Crippen LogP contribution is 2.25. The van der Waals surface area contributed by atoms with Crippen molar-refractivity contribution in [3.05, 3.63) is 10.4 Å². The lowest BCUT2D eigenvalue weighted by molar-refractivity contribution is 0.855. The standard InChI is InChI=1S/C6H9NS2/c1-4(2)5-6(8)7-3-9-5/h3-4,8H,1-2H3. The summed E-state index contributed by atoms with van der Waals surface area (Å²) in [7, 11) is 0. The molecule has 0 saturated heterocycles. The molecule has 0 bridgehead atoms. The monoisotopic (exact) mass is 159 g/mol. The van der Waals surface area contributed by atoms with Crippen molar-refractivity contribution < 1.29 is 0 Å². The van der Waals surface area contributed by atoms with Crippen LogP contribution in [0.15, 0.2) is 10.5 Å². The lowest BCUT2D eigenvalue weighted by Gasteiger charge is -1.98. The lowest BCUT2D eigenvalue weighted by Crippen LogP contribution is -1.81. The van der Waals surface area contributed by atoms with Crippen molar-refractivity contribution >= 4 is 24.0 Å². The van der Waals surface area contributed by atoms with Gasteiger partial charge in [-0.05, 0) is 5.92 Å². The third-order valence-corrected chi connectivity index (χ3v) is 2.74. The van der Waals surface area contributed by atoms with Gasteiger partial charge in [0.1, 0.15) is 5.03 Å². The summed E-state index contributed by atoms with van der Waals surface area (Å²) in [4.78, 5) is 5.30. The summed E-state index contributed by atoms with van der Waals surface area (Å²) in [5.41, 5.74) is 1.83. The molecule has 0 aliphatic rings. The molecule has 0 N–H and O–H groups in total. The Morgan fingerprint density at radius 1 is 1.67 bits per heavy atom. The molecule has 0 atom stereocenters. The number of aromatic nitrogens is 1. The molecule has 0 radical (unpaired) electrons. The Morgan fingerprint density at radius 3 is 2.56 bits per heavy atom. The summed E-state index contributed by atoms with van der Waals surface area (Å²) in [6.07, 6.45) is 0. The van der Waals surface area contributed by atoms with Gasteiger partial charge < -0.3 is 0 Å². The summed E-state index contributed by atoms with van der Waals surface area (Å²) in [6, 6.07) is 0. The first-order chi connectivity index (χ1) is 4.22. The fraction of sp³-hybridized carbons (Fsp3) is 0.500. The zero-order valence-corrected chi connectivity index (χ0v) is 7.17. The minimum atomic E-state index is 0.560. The first-order valence-electron chi connectivity index (χ1n) is 2.84. The van der Waals surface area contributed by atoms with Crippen LogP contribution in [0.2, 0.25) is 0 Å². The number of hydrogen-bond donors (Lipinski definition) is 1. The van der Waals surface area contributed by atoms with Crippen LogP contribution in [0, 0.1) is 0 Å². The highest BCUT2D eigenvalue weighted by atomic mass is 32.1. The van der Waals surface area contributed by atoms with Gasteiger partial charge in [0.15, 0.2) is 0 Å². The minimum Gasteiger partial charge on any atom is -0.238 e. The molecule has 1 nitrogen and oxygen atoms in total. The Labute approximate surface area is 64.5 Å². The van der Waals surface area contributed by atoms with Crippen molar-refractivity contribution in [2.75, 3.05) is 0 Å². The zero-order valence-electron chi connectivity index (χ0n) is 5.46. The van der Waals surface area contributed by atoms with Crippen LogP contribution in [-0.4, -0.2) is 4.98 Å². The first-order valence-corrected chi connectivity index (χ1v) is 4.17. The zero-order chi connectivity index (χ0) is 6.85. The third kappa shape index (κ3) is 1.46. The molecule has 0 aliphatic carbocycles. The SMILES string of the molecule is CC(C)c1scnc1S. The highest BCUT2D eigenvalue weighted by Gasteiger charge is 2.04. The van der Waals surface area contributed by atoms with Crippen molar-refractivity contribution in [2.45, 2.75) is 24.8 Å². The average Bonchev–Trinajstić information content (AvgIpc) is 2.13. The Morgan fingerprint density at radius 2 is 2.33 bits per heavy atom. The predicted molar refractivity (Wildman–Crippen MR) is 43.5 cm³/mol. The highest BCUT2D eigenvalue weighted by molar-refractivity contribution is 7.80. The van der Waals surface area contributed by atoms with Gasteiger partial charge in [-0.15, -0.1) is 24.0 Å². The van der Waals surface area contributed by atoms with Gasteiger partial charge in [0.25, 0.3) is 0 Å². The Bertz CT molecular complexity index is 193. The van der Waals surface area contributed by atoms with E-state index in [1.54, 1.807) is 11.3 Å². The molecule has 0 unspecified atom stereocenters. The van der Waals surface area contributed by atoms with Crippen LogP contribution < -0.4 is 0 Å². The van der Waals surface area contributed by atoms with E-state index >= 15 is 0 Å². The average molecular weight is 159 g/mol. The van der Waals surface area contributed by atoms with E-state index in [1.807, 2.05) is 5.51 Å². The van der Waals surface area contributed by atoms with Crippen LogP contribution >= 0.6 is 24.0 Å². The van der Waals surface area contributed by atoms with Gasteiger partial charge >= 0.3 is 0 Å². The van der Waals surface area contributed by atoms with E-state index in [1.165, 1.54) is 4.88 Å². The van der Waals surface area contributed by atoms with Gasteiger partial charge in [0, 0.05) is 4.88 Å². The molecule has 1 heterocycles. The molecule has 1 aromatic rings. The van der Waals surface area contributed by atoms with Gasteiger partial charge in [-0.2, -0.15) is 0 Å². The van der Waals surface area contributed by atoms with E-state index in [2.05, 4.69) is 31.5 Å². The Hall–Kier alpha value is -0.0200. The minimum absolute atomic E-state index is 0.560. The number of rotatable bonds is 1. The van der Waals surface area contributed by atoms with Crippen LogP contribution in [0.25, 0.3) is 0 Å². The van der Waals surface area contributed by atoms with Crippen LogP contribution in [0.5, 0.6) is 0 Å². The Balaban J connectivity index is 2.94. The maximum absolute atomic E-state index is 4.19. The van der Waals surface area contributed by atoms with E-state index in [9.17, 15) is 0 Å². The maximum atomic E-state index is 4.19. The number of nitrogens with zero attached hydrogens (tertiary/aromatic N) is 1. The Kier molecular flexibility index (Phi) is 2.13. The van der Waals surface area contributed by atoms with Crippen molar-refractivity contribution in [2.24, 2.45) is 0 Å². The molecule has 3 heteroatoms. The number of thiazole rings is 1. The molecule has 0 amide bonds. The third-order valence-electron chi connectivity index (χ3n) is 1.10. The molecular weight excluding hydrogens is 150 g/mol. The van der Waals surface area contributed by atoms with Crippen molar-refractivity contribution in [3.63, 3.8) is 0 Å². The lowest BCUT2D eigenvalue weighted by atomic mass is 10.2. The summed E-state index contributed by atoms with van der Waals surface area (Å²) in [5.74, 6) is 0.560. The summed E-state index contributed by atoms with van der Waals surface area (Å²) >= 11 is 5.86. The molecule has 0 aliphatic heterocycles. The fourth-order valence-electron chi connectivity index (χ4n) is 0.644. The molecule has 9 heavy (non-hydrogen) atoms. The predicted octanol–water partition coefficient (Wildman–Crippen LogP) is 2.56. The molecule has 50 valence electrons. The molecule has 0 saturated carbocycles. The largest absolute Gasteiger partial charge is 0.238 e. The summed E-state index contributed by atoms with van der Waals surface area (Å²) in [6.45, 7) is 4.29. The second-order valence-electron chi connectivity index (χ2n) is 2.19. The smallest absolute Gasteiger partial charge is 0.107 e. The number of thiol groups is 1. The van der Waals surface area contributed by atoms with Gasteiger partial charge in [-0.25, -0.2) is 4.98 Å². The molecule has 0 aromatic carbocycles. The summed E-state index contributed by atoms with van der Waals surface area (Å²) < 4.78 is 0. The molecule has 1 aromatic heterocycles. The first kappa shape index (κ1) is 7.09. The van der Waals surface area contributed by atoms with E-state index in [4.69, 9.17) is 0 Å². The fourth-order valence-corrected chi connectivity index (χ4v) is 1.90. The second-order valence-corrected chi connectivity index (χ2v) is 3.50. The number of hydrogen-bond acceptors (Lipinski definition) is 3. The van der Waals surface area contributed by atoms with Crippen LogP contribution in [-0.2, 0) is 0 Å². The maximum Gasteiger partial charge on any atom is 0.107 e. The van der Waals surface area contributed by atoms with E-state index < -0.39 is 0 Å². The van der Waals surface area contributed by atoms with Crippen LogP contribution in [0.3, 0.4) is 0 Å². The van der Waals surface area contributed by atoms with Crippen molar-refractivity contribution in [3.8, 4) is 0 Å².